The normalized spacial score (nSPS) is 10.5. The van der Waals surface area contributed by atoms with E-state index in [1.807, 2.05) is 13.8 Å². The second-order valence-electron chi connectivity index (χ2n) is 3.84. The molecule has 0 aromatic carbocycles. The number of aliphatic hydroxyl groups is 2. The monoisotopic (exact) mass is 280 g/mol. The van der Waals surface area contributed by atoms with Crippen molar-refractivity contribution in [2.75, 3.05) is 26.4 Å². The first kappa shape index (κ1) is 23.4. The maximum atomic E-state index is 10.1. The van der Waals surface area contributed by atoms with Crippen LogP contribution in [0, 0.1) is 0 Å². The maximum Gasteiger partial charge on any atom is 0.302 e. The first-order valence-corrected chi connectivity index (χ1v) is 6.96. The van der Waals surface area contributed by atoms with Gasteiger partial charge in [-0.25, -0.2) is 0 Å². The third kappa shape index (κ3) is 46.8. The molecule has 0 radical (unpaired) electrons. The molecular formula is C14H32O5. The quantitative estimate of drug-likeness (QED) is 0.552. The van der Waals surface area contributed by atoms with Crippen LogP contribution in [0.15, 0.2) is 0 Å². The molecule has 0 aromatic rings. The van der Waals surface area contributed by atoms with E-state index < -0.39 is 0 Å². The van der Waals surface area contributed by atoms with Crippen molar-refractivity contribution in [3.05, 3.63) is 0 Å². The molecule has 0 aliphatic carbocycles. The van der Waals surface area contributed by atoms with E-state index in [1.165, 1.54) is 6.92 Å². The van der Waals surface area contributed by atoms with Crippen LogP contribution in [-0.4, -0.2) is 48.7 Å². The van der Waals surface area contributed by atoms with Crippen molar-refractivity contribution in [3.8, 4) is 0 Å². The Morgan fingerprint density at radius 2 is 1.74 bits per heavy atom. The Kier molecular flexibility index (Phi) is 27.8. The molecule has 1 atom stereocenters. The number of ether oxygens (including phenoxy) is 2. The molecule has 0 spiro atoms. The molecule has 1 unspecified atom stereocenters. The van der Waals surface area contributed by atoms with E-state index in [-0.39, 0.29) is 18.7 Å². The number of hydrogen-bond donors (Lipinski definition) is 2. The molecule has 0 amide bonds. The number of carbonyl (C=O) groups excluding carboxylic acids is 1. The molecule has 5 nitrogen and oxygen atoms in total. The van der Waals surface area contributed by atoms with Gasteiger partial charge in [-0.15, -0.1) is 0 Å². The van der Waals surface area contributed by atoms with Gasteiger partial charge in [0.1, 0.15) is 0 Å². The summed E-state index contributed by atoms with van der Waals surface area (Å²) in [6, 6.07) is 0. The second kappa shape index (κ2) is 22.5. The lowest BCUT2D eigenvalue weighted by Crippen LogP contribution is -2.00. The van der Waals surface area contributed by atoms with E-state index in [1.54, 1.807) is 6.92 Å². The van der Waals surface area contributed by atoms with Crippen LogP contribution < -0.4 is 0 Å². The Balaban J connectivity index is -0.000000209. The van der Waals surface area contributed by atoms with Crippen LogP contribution in [0.2, 0.25) is 0 Å². The number of rotatable bonds is 7. The fourth-order valence-electron chi connectivity index (χ4n) is 0.751. The van der Waals surface area contributed by atoms with Crippen LogP contribution in [0.3, 0.4) is 0 Å². The molecule has 0 aliphatic heterocycles. The van der Waals surface area contributed by atoms with Crippen molar-refractivity contribution in [1.82, 2.24) is 0 Å². The zero-order valence-corrected chi connectivity index (χ0v) is 13.1. The van der Waals surface area contributed by atoms with Gasteiger partial charge < -0.3 is 19.7 Å². The van der Waals surface area contributed by atoms with E-state index in [4.69, 9.17) is 14.9 Å². The Bertz CT molecular complexity index is 158. The van der Waals surface area contributed by atoms with Gasteiger partial charge in [0, 0.05) is 26.7 Å². The predicted molar refractivity (Wildman–Crippen MR) is 77.1 cm³/mol. The molecule has 118 valence electrons. The molecule has 0 fully saturated rings. The van der Waals surface area contributed by atoms with Crippen LogP contribution in [0.5, 0.6) is 0 Å². The molecule has 0 rings (SSSR count). The van der Waals surface area contributed by atoms with Crippen molar-refractivity contribution >= 4 is 5.97 Å². The van der Waals surface area contributed by atoms with Gasteiger partial charge >= 0.3 is 5.97 Å². The highest BCUT2D eigenvalue weighted by atomic mass is 16.5. The van der Waals surface area contributed by atoms with Gasteiger partial charge in [0.25, 0.3) is 0 Å². The van der Waals surface area contributed by atoms with Crippen LogP contribution in [-0.2, 0) is 14.3 Å². The molecule has 0 aromatic heterocycles. The summed E-state index contributed by atoms with van der Waals surface area (Å²) in [7, 11) is 0. The largest absolute Gasteiger partial charge is 0.466 e. The molecule has 0 saturated heterocycles. The Morgan fingerprint density at radius 1 is 1.21 bits per heavy atom. The van der Waals surface area contributed by atoms with Crippen molar-refractivity contribution in [1.29, 1.82) is 0 Å². The number of hydrogen-bond acceptors (Lipinski definition) is 5. The third-order valence-electron chi connectivity index (χ3n) is 1.76. The minimum absolute atomic E-state index is 0.0810. The first-order valence-electron chi connectivity index (χ1n) is 6.96. The van der Waals surface area contributed by atoms with E-state index in [9.17, 15) is 4.79 Å². The lowest BCUT2D eigenvalue weighted by molar-refractivity contribution is -0.141. The number of carbonyl (C=O) groups is 1. The Hall–Kier alpha value is -0.650. The maximum absolute atomic E-state index is 10.1. The molecule has 19 heavy (non-hydrogen) atoms. The standard InChI is InChI=1S/C6H12O2.C4H10O2.C4H10O/c1-3-4-5-8-6(2)7;1-4(6)2-3-5;1-3-5-4-2/h3-5H2,1-2H3;4-6H,2-3H2,1H3;3-4H2,1-2H3. The first-order chi connectivity index (χ1) is 8.95. The zero-order chi connectivity index (χ0) is 15.5. The van der Waals surface area contributed by atoms with Gasteiger partial charge in [-0.1, -0.05) is 13.3 Å². The fraction of sp³-hybridized carbons (Fsp3) is 0.929. The molecule has 0 saturated carbocycles. The minimum Gasteiger partial charge on any atom is -0.466 e. The van der Waals surface area contributed by atoms with Gasteiger partial charge in [0.05, 0.1) is 12.7 Å². The van der Waals surface area contributed by atoms with Crippen LogP contribution in [0.1, 0.15) is 53.9 Å². The van der Waals surface area contributed by atoms with E-state index >= 15 is 0 Å². The molecule has 0 aliphatic rings. The van der Waals surface area contributed by atoms with Crippen molar-refractivity contribution in [2.24, 2.45) is 0 Å². The summed E-state index contributed by atoms with van der Waals surface area (Å²) in [6.45, 7) is 11.5. The van der Waals surface area contributed by atoms with Gasteiger partial charge in [-0.05, 0) is 33.6 Å². The van der Waals surface area contributed by atoms with Gasteiger partial charge in [-0.3, -0.25) is 4.79 Å². The molecule has 2 N–H and O–H groups in total. The van der Waals surface area contributed by atoms with Crippen LogP contribution in [0.4, 0.5) is 0 Å². The summed E-state index contributed by atoms with van der Waals surface area (Å²) in [5.41, 5.74) is 0. The van der Waals surface area contributed by atoms with Crippen LogP contribution in [0.25, 0.3) is 0 Å². The Labute approximate surface area is 117 Å². The van der Waals surface area contributed by atoms with Crippen molar-refractivity contribution in [2.45, 2.75) is 60.0 Å². The summed E-state index contributed by atoms with van der Waals surface area (Å²) < 4.78 is 9.48. The Morgan fingerprint density at radius 3 is 1.89 bits per heavy atom. The molecule has 5 heteroatoms. The van der Waals surface area contributed by atoms with Gasteiger partial charge in [-0.2, -0.15) is 0 Å². The van der Waals surface area contributed by atoms with E-state index in [2.05, 4.69) is 11.7 Å². The van der Waals surface area contributed by atoms with E-state index in [0.717, 1.165) is 26.1 Å². The molecule has 0 bridgehead atoms. The predicted octanol–water partition coefficient (Wildman–Crippen LogP) is 2.14. The zero-order valence-electron chi connectivity index (χ0n) is 13.1. The smallest absolute Gasteiger partial charge is 0.302 e. The average Bonchev–Trinajstić information content (AvgIpc) is 2.31. The second-order valence-corrected chi connectivity index (χ2v) is 3.84. The highest BCUT2D eigenvalue weighted by Crippen LogP contribution is 1.86. The molecular weight excluding hydrogens is 248 g/mol. The number of esters is 1. The molecule has 0 heterocycles. The van der Waals surface area contributed by atoms with Crippen molar-refractivity contribution in [3.63, 3.8) is 0 Å². The topological polar surface area (TPSA) is 76.0 Å². The van der Waals surface area contributed by atoms with Gasteiger partial charge in [0.2, 0.25) is 0 Å². The highest BCUT2D eigenvalue weighted by Gasteiger charge is 1.88. The minimum atomic E-state index is -0.352. The summed E-state index contributed by atoms with van der Waals surface area (Å²) in [5.74, 6) is -0.182. The van der Waals surface area contributed by atoms with E-state index in [0.29, 0.717) is 13.0 Å². The average molecular weight is 280 g/mol. The van der Waals surface area contributed by atoms with Crippen molar-refractivity contribution < 1.29 is 24.5 Å². The SMILES string of the molecule is CC(O)CCO.CCCCOC(C)=O.CCOCC. The van der Waals surface area contributed by atoms with Crippen LogP contribution >= 0.6 is 0 Å². The number of unbranched alkanes of at least 4 members (excludes halogenated alkanes) is 1. The summed E-state index contributed by atoms with van der Waals surface area (Å²) >= 11 is 0. The number of aliphatic hydroxyl groups excluding tert-OH is 2. The lowest BCUT2D eigenvalue weighted by atomic mass is 10.3. The lowest BCUT2D eigenvalue weighted by Gasteiger charge is -1.96. The fourth-order valence-corrected chi connectivity index (χ4v) is 0.751. The van der Waals surface area contributed by atoms with Gasteiger partial charge in [0.15, 0.2) is 0 Å². The summed E-state index contributed by atoms with van der Waals surface area (Å²) in [6.07, 6.45) is 2.18. The summed E-state index contributed by atoms with van der Waals surface area (Å²) in [5, 5.41) is 16.5. The third-order valence-corrected chi connectivity index (χ3v) is 1.76. The highest BCUT2D eigenvalue weighted by molar-refractivity contribution is 5.65. The summed E-state index contributed by atoms with van der Waals surface area (Å²) in [4.78, 5) is 10.1.